The molecule has 0 aromatic heterocycles. The van der Waals surface area contributed by atoms with Gasteiger partial charge in [-0.05, 0) is 24.3 Å². The number of nitro benzene ring substituents is 1. The van der Waals surface area contributed by atoms with E-state index in [4.69, 9.17) is 0 Å². The molecule has 0 atom stereocenters. The number of hydrogen-bond acceptors (Lipinski definition) is 3. The normalized spacial score (nSPS) is 10.2. The van der Waals surface area contributed by atoms with E-state index >= 15 is 0 Å². The van der Waals surface area contributed by atoms with E-state index in [0.717, 1.165) is 24.3 Å². The standard InChI is InChI=1S/C13H7BrF2N2O3/c14-7-1-2-11(12(16)3-7)13(19)17-9-4-8(15)5-10(6-9)18(20)21/h1-6H,(H,17,19). The van der Waals surface area contributed by atoms with Crippen molar-refractivity contribution < 1.29 is 18.5 Å². The number of nitrogens with zero attached hydrogens (tertiary/aromatic N) is 1. The van der Waals surface area contributed by atoms with Crippen LogP contribution in [0, 0.1) is 21.7 Å². The van der Waals surface area contributed by atoms with Crippen molar-refractivity contribution in [1.82, 2.24) is 0 Å². The van der Waals surface area contributed by atoms with Gasteiger partial charge < -0.3 is 5.32 Å². The summed E-state index contributed by atoms with van der Waals surface area (Å²) >= 11 is 3.05. The maximum Gasteiger partial charge on any atom is 0.274 e. The van der Waals surface area contributed by atoms with E-state index in [-0.39, 0.29) is 11.3 Å². The summed E-state index contributed by atoms with van der Waals surface area (Å²) in [6.45, 7) is 0. The number of carbonyl (C=O) groups excluding carboxylic acids is 1. The van der Waals surface area contributed by atoms with Gasteiger partial charge in [0.25, 0.3) is 11.6 Å². The average molecular weight is 357 g/mol. The van der Waals surface area contributed by atoms with Gasteiger partial charge in [-0.3, -0.25) is 14.9 Å². The zero-order valence-corrected chi connectivity index (χ0v) is 11.9. The van der Waals surface area contributed by atoms with Crippen LogP contribution in [0.4, 0.5) is 20.2 Å². The third-order valence-electron chi connectivity index (χ3n) is 2.53. The molecule has 2 aromatic rings. The number of halogens is 3. The second-order valence-corrected chi connectivity index (χ2v) is 4.95. The number of rotatable bonds is 3. The number of non-ortho nitro benzene ring substituents is 1. The minimum absolute atomic E-state index is 0.131. The highest BCUT2D eigenvalue weighted by Gasteiger charge is 2.15. The molecule has 0 bridgehead atoms. The molecular weight excluding hydrogens is 350 g/mol. The Bertz CT molecular complexity index is 737. The summed E-state index contributed by atoms with van der Waals surface area (Å²) in [4.78, 5) is 21.7. The molecule has 0 aliphatic rings. The first-order valence-corrected chi connectivity index (χ1v) is 6.37. The molecule has 0 radical (unpaired) electrons. The minimum Gasteiger partial charge on any atom is -0.322 e. The van der Waals surface area contributed by atoms with E-state index in [1.165, 1.54) is 12.1 Å². The molecule has 0 fully saturated rings. The Kier molecular flexibility index (Phi) is 4.27. The van der Waals surface area contributed by atoms with Crippen LogP contribution in [0.25, 0.3) is 0 Å². The van der Waals surface area contributed by atoms with E-state index < -0.39 is 28.2 Å². The number of amides is 1. The fourth-order valence-electron chi connectivity index (χ4n) is 1.62. The van der Waals surface area contributed by atoms with Gasteiger partial charge in [-0.1, -0.05) is 15.9 Å². The van der Waals surface area contributed by atoms with Crippen LogP contribution in [0.15, 0.2) is 40.9 Å². The summed E-state index contributed by atoms with van der Waals surface area (Å²) in [6.07, 6.45) is 0. The number of hydrogen-bond donors (Lipinski definition) is 1. The van der Waals surface area contributed by atoms with E-state index in [2.05, 4.69) is 21.2 Å². The quantitative estimate of drug-likeness (QED) is 0.669. The van der Waals surface area contributed by atoms with Gasteiger partial charge in [0.1, 0.15) is 11.6 Å². The Hall–Kier alpha value is -2.35. The molecule has 0 saturated carbocycles. The predicted molar refractivity (Wildman–Crippen MR) is 75.1 cm³/mol. The SMILES string of the molecule is O=C(Nc1cc(F)cc([N+](=O)[O-])c1)c1ccc(Br)cc1F. The van der Waals surface area contributed by atoms with Crippen LogP contribution in [-0.4, -0.2) is 10.8 Å². The molecule has 8 heteroatoms. The molecule has 0 aliphatic carbocycles. The second kappa shape index (κ2) is 5.96. The molecular formula is C13H7BrF2N2O3. The lowest BCUT2D eigenvalue weighted by atomic mass is 10.2. The second-order valence-electron chi connectivity index (χ2n) is 4.03. The van der Waals surface area contributed by atoms with Crippen LogP contribution in [0.3, 0.4) is 0 Å². The summed E-state index contributed by atoms with van der Waals surface area (Å²) in [5.41, 5.74) is -0.902. The van der Waals surface area contributed by atoms with Crippen molar-refractivity contribution in [3.8, 4) is 0 Å². The van der Waals surface area contributed by atoms with Gasteiger partial charge in [-0.25, -0.2) is 8.78 Å². The summed E-state index contributed by atoms with van der Waals surface area (Å²) in [6, 6.07) is 6.41. The summed E-state index contributed by atoms with van der Waals surface area (Å²) < 4.78 is 27.3. The average Bonchev–Trinajstić information content (AvgIpc) is 2.37. The summed E-state index contributed by atoms with van der Waals surface area (Å²) in [5.74, 6) is -2.48. The van der Waals surface area contributed by atoms with Crippen molar-refractivity contribution in [2.24, 2.45) is 0 Å². The first-order valence-electron chi connectivity index (χ1n) is 5.58. The fourth-order valence-corrected chi connectivity index (χ4v) is 1.96. The highest BCUT2D eigenvalue weighted by atomic mass is 79.9. The highest BCUT2D eigenvalue weighted by Crippen LogP contribution is 2.21. The molecule has 0 spiro atoms. The molecule has 0 aliphatic heterocycles. The van der Waals surface area contributed by atoms with E-state index in [1.54, 1.807) is 0 Å². The van der Waals surface area contributed by atoms with Crippen LogP contribution in [0.2, 0.25) is 0 Å². The lowest BCUT2D eigenvalue weighted by Crippen LogP contribution is -2.14. The molecule has 0 unspecified atom stereocenters. The fraction of sp³-hybridized carbons (Fsp3) is 0. The zero-order chi connectivity index (χ0) is 15.6. The first-order chi connectivity index (χ1) is 9.86. The van der Waals surface area contributed by atoms with Crippen LogP contribution in [0.1, 0.15) is 10.4 Å². The number of anilines is 1. The molecule has 1 N–H and O–H groups in total. The highest BCUT2D eigenvalue weighted by molar-refractivity contribution is 9.10. The van der Waals surface area contributed by atoms with Gasteiger partial charge in [0.05, 0.1) is 22.2 Å². The Labute approximate surface area is 125 Å². The smallest absolute Gasteiger partial charge is 0.274 e. The van der Waals surface area contributed by atoms with Crippen molar-refractivity contribution in [2.45, 2.75) is 0 Å². The Morgan fingerprint density at radius 1 is 1.19 bits per heavy atom. The van der Waals surface area contributed by atoms with Crippen molar-refractivity contribution in [3.63, 3.8) is 0 Å². The topological polar surface area (TPSA) is 72.2 Å². The van der Waals surface area contributed by atoms with E-state index in [9.17, 15) is 23.7 Å². The Morgan fingerprint density at radius 2 is 1.90 bits per heavy atom. The van der Waals surface area contributed by atoms with E-state index in [0.29, 0.717) is 4.47 Å². The van der Waals surface area contributed by atoms with Crippen molar-refractivity contribution >= 4 is 33.2 Å². The van der Waals surface area contributed by atoms with Crippen molar-refractivity contribution in [1.29, 1.82) is 0 Å². The molecule has 1 amide bonds. The van der Waals surface area contributed by atoms with Crippen LogP contribution >= 0.6 is 15.9 Å². The van der Waals surface area contributed by atoms with Gasteiger partial charge in [0, 0.05) is 10.5 Å². The largest absolute Gasteiger partial charge is 0.322 e. The lowest BCUT2D eigenvalue weighted by molar-refractivity contribution is -0.385. The van der Waals surface area contributed by atoms with Crippen molar-refractivity contribution in [2.75, 3.05) is 5.32 Å². The first kappa shape index (κ1) is 15.0. The summed E-state index contributed by atoms with van der Waals surface area (Å²) in [5, 5.41) is 12.8. The molecule has 0 saturated heterocycles. The molecule has 21 heavy (non-hydrogen) atoms. The molecule has 0 heterocycles. The number of carbonyl (C=O) groups is 1. The van der Waals surface area contributed by atoms with Gasteiger partial charge in [0.2, 0.25) is 0 Å². The Balaban J connectivity index is 2.29. The maximum atomic E-state index is 13.6. The van der Waals surface area contributed by atoms with Gasteiger partial charge in [0.15, 0.2) is 0 Å². The number of benzene rings is 2. The number of nitrogens with one attached hydrogen (secondary N) is 1. The Morgan fingerprint density at radius 3 is 2.52 bits per heavy atom. The monoisotopic (exact) mass is 356 g/mol. The van der Waals surface area contributed by atoms with Crippen LogP contribution < -0.4 is 5.32 Å². The zero-order valence-electron chi connectivity index (χ0n) is 10.3. The number of nitro groups is 1. The molecule has 108 valence electrons. The predicted octanol–water partition coefficient (Wildman–Crippen LogP) is 3.89. The van der Waals surface area contributed by atoms with Crippen LogP contribution in [0.5, 0.6) is 0 Å². The lowest BCUT2D eigenvalue weighted by Gasteiger charge is -2.06. The minimum atomic E-state index is -0.879. The maximum absolute atomic E-state index is 13.6. The third-order valence-corrected chi connectivity index (χ3v) is 3.02. The third kappa shape index (κ3) is 3.60. The van der Waals surface area contributed by atoms with Crippen molar-refractivity contribution in [3.05, 3.63) is 68.2 Å². The van der Waals surface area contributed by atoms with E-state index in [1.807, 2.05) is 0 Å². The molecule has 2 aromatic carbocycles. The van der Waals surface area contributed by atoms with Gasteiger partial charge in [-0.15, -0.1) is 0 Å². The van der Waals surface area contributed by atoms with Gasteiger partial charge >= 0.3 is 0 Å². The molecule has 2 rings (SSSR count). The van der Waals surface area contributed by atoms with Gasteiger partial charge in [-0.2, -0.15) is 0 Å². The molecule has 5 nitrogen and oxygen atoms in total. The summed E-state index contributed by atoms with van der Waals surface area (Å²) in [7, 11) is 0. The van der Waals surface area contributed by atoms with Crippen LogP contribution in [-0.2, 0) is 0 Å².